The van der Waals surface area contributed by atoms with Crippen LogP contribution in [0.4, 0.5) is 0 Å². The lowest BCUT2D eigenvalue weighted by molar-refractivity contribution is -0.163. The summed E-state index contributed by atoms with van der Waals surface area (Å²) < 4.78 is 0. The molecule has 0 amide bonds. The number of rotatable bonds is 2. The molecule has 0 aromatic heterocycles. The third-order valence-electron chi connectivity index (χ3n) is 3.82. The van der Waals surface area contributed by atoms with Crippen LogP contribution in [0.2, 0.25) is 0 Å². The highest BCUT2D eigenvalue weighted by Crippen LogP contribution is 2.50. The smallest absolute Gasteiger partial charge is 0.307 e. The Kier molecular flexibility index (Phi) is 2.21. The van der Waals surface area contributed by atoms with Gasteiger partial charge in [0.25, 0.3) is 0 Å². The molecule has 0 aliphatic heterocycles. The molecule has 0 aromatic carbocycles. The Morgan fingerprint density at radius 2 is 1.57 bits per heavy atom. The minimum atomic E-state index is -0.942. The highest BCUT2D eigenvalue weighted by atomic mass is 16.4. The van der Waals surface area contributed by atoms with Crippen LogP contribution < -0.4 is 0 Å². The van der Waals surface area contributed by atoms with Crippen LogP contribution in [0.5, 0.6) is 0 Å². The lowest BCUT2D eigenvalue weighted by atomic mass is 9.57. The van der Waals surface area contributed by atoms with Gasteiger partial charge in [-0.15, -0.1) is 0 Å². The van der Waals surface area contributed by atoms with Crippen molar-refractivity contribution in [1.82, 2.24) is 0 Å². The molecule has 2 aliphatic rings. The van der Waals surface area contributed by atoms with Gasteiger partial charge in [0.05, 0.1) is 11.8 Å². The monoisotopic (exact) mass is 198 g/mol. The summed E-state index contributed by atoms with van der Waals surface area (Å²) in [5.41, 5.74) is 0. The first-order chi connectivity index (χ1) is 6.61. The minimum Gasteiger partial charge on any atom is -0.481 e. The molecule has 2 rings (SSSR count). The molecule has 2 saturated carbocycles. The fourth-order valence-electron chi connectivity index (χ4n) is 2.93. The van der Waals surface area contributed by atoms with Gasteiger partial charge in [-0.05, 0) is 37.5 Å². The Balaban J connectivity index is 2.17. The molecule has 4 unspecified atom stereocenters. The molecular formula is C10H14O4. The molecule has 0 saturated heterocycles. The average molecular weight is 198 g/mol. The molecule has 0 aromatic rings. The fourth-order valence-corrected chi connectivity index (χ4v) is 2.93. The van der Waals surface area contributed by atoms with E-state index in [0.717, 1.165) is 19.3 Å². The largest absolute Gasteiger partial charge is 0.481 e. The molecule has 78 valence electrons. The maximum absolute atomic E-state index is 11.0. The van der Waals surface area contributed by atoms with Crippen LogP contribution in [0.25, 0.3) is 0 Å². The summed E-state index contributed by atoms with van der Waals surface area (Å²) in [6.07, 6.45) is 3.41. The number of hydrogen-bond acceptors (Lipinski definition) is 2. The van der Waals surface area contributed by atoms with Gasteiger partial charge in [0.1, 0.15) is 0 Å². The SMILES string of the molecule is O=C(O)C1CCC2CCC2C1C(=O)O. The molecule has 4 heteroatoms. The van der Waals surface area contributed by atoms with E-state index in [2.05, 4.69) is 0 Å². The molecule has 4 nitrogen and oxygen atoms in total. The van der Waals surface area contributed by atoms with Crippen LogP contribution in [0.1, 0.15) is 25.7 Å². The summed E-state index contributed by atoms with van der Waals surface area (Å²) in [7, 11) is 0. The van der Waals surface area contributed by atoms with Crippen molar-refractivity contribution in [3.8, 4) is 0 Å². The van der Waals surface area contributed by atoms with Gasteiger partial charge < -0.3 is 10.2 Å². The number of aliphatic carboxylic acids is 2. The predicted molar refractivity (Wildman–Crippen MR) is 47.7 cm³/mol. The molecule has 2 N–H and O–H groups in total. The third kappa shape index (κ3) is 1.29. The van der Waals surface area contributed by atoms with Gasteiger partial charge in [0.2, 0.25) is 0 Å². The third-order valence-corrected chi connectivity index (χ3v) is 3.82. The highest BCUT2D eigenvalue weighted by Gasteiger charge is 2.50. The van der Waals surface area contributed by atoms with E-state index >= 15 is 0 Å². The number of carboxylic acids is 2. The predicted octanol–water partition coefficient (Wildman–Crippen LogP) is 1.21. The Bertz CT molecular complexity index is 273. The number of carbonyl (C=O) groups is 2. The lowest BCUT2D eigenvalue weighted by Crippen LogP contribution is -2.47. The van der Waals surface area contributed by atoms with E-state index in [1.165, 1.54) is 0 Å². The quantitative estimate of drug-likeness (QED) is 0.699. The Hall–Kier alpha value is -1.06. The summed E-state index contributed by atoms with van der Waals surface area (Å²) in [6, 6.07) is 0. The number of carboxylic acid groups (broad SMARTS) is 2. The summed E-state index contributed by atoms with van der Waals surface area (Å²) in [5, 5.41) is 17.9. The zero-order chi connectivity index (χ0) is 10.3. The van der Waals surface area contributed by atoms with Crippen LogP contribution in [0.15, 0.2) is 0 Å². The Morgan fingerprint density at radius 3 is 2.00 bits per heavy atom. The lowest BCUT2D eigenvalue weighted by Gasteiger charge is -2.46. The second-order valence-corrected chi connectivity index (χ2v) is 4.39. The van der Waals surface area contributed by atoms with Gasteiger partial charge in [-0.2, -0.15) is 0 Å². The standard InChI is InChI=1S/C10H14O4/c11-9(12)7-4-2-5-1-3-6(5)8(7)10(13)14/h5-8H,1-4H2,(H,11,12)(H,13,14). The molecule has 14 heavy (non-hydrogen) atoms. The summed E-state index contributed by atoms with van der Waals surface area (Å²) in [4.78, 5) is 21.9. The molecule has 4 atom stereocenters. The van der Waals surface area contributed by atoms with Crippen LogP contribution in [-0.4, -0.2) is 22.2 Å². The Morgan fingerprint density at radius 1 is 0.929 bits per heavy atom. The van der Waals surface area contributed by atoms with Crippen molar-refractivity contribution in [2.75, 3.05) is 0 Å². The first kappa shape index (κ1) is 9.49. The minimum absolute atomic E-state index is 0.127. The van der Waals surface area contributed by atoms with Gasteiger partial charge in [0, 0.05) is 0 Å². The van der Waals surface area contributed by atoms with Crippen molar-refractivity contribution in [2.24, 2.45) is 23.7 Å². The van der Waals surface area contributed by atoms with Crippen molar-refractivity contribution in [3.63, 3.8) is 0 Å². The average Bonchev–Trinajstić information content (AvgIpc) is 2.05. The van der Waals surface area contributed by atoms with E-state index in [1.807, 2.05) is 0 Å². The van der Waals surface area contributed by atoms with E-state index in [0.29, 0.717) is 12.3 Å². The molecule has 2 fully saturated rings. The van der Waals surface area contributed by atoms with Crippen molar-refractivity contribution >= 4 is 11.9 Å². The van der Waals surface area contributed by atoms with Crippen molar-refractivity contribution in [2.45, 2.75) is 25.7 Å². The second kappa shape index (κ2) is 3.26. The topological polar surface area (TPSA) is 74.6 Å². The second-order valence-electron chi connectivity index (χ2n) is 4.39. The molecular weight excluding hydrogens is 184 g/mol. The summed E-state index contributed by atoms with van der Waals surface area (Å²) >= 11 is 0. The zero-order valence-corrected chi connectivity index (χ0v) is 7.85. The maximum Gasteiger partial charge on any atom is 0.307 e. The van der Waals surface area contributed by atoms with Gasteiger partial charge in [-0.3, -0.25) is 9.59 Å². The first-order valence-corrected chi connectivity index (χ1v) is 5.07. The highest BCUT2D eigenvalue weighted by molar-refractivity contribution is 5.80. The van der Waals surface area contributed by atoms with Crippen molar-refractivity contribution in [3.05, 3.63) is 0 Å². The van der Waals surface area contributed by atoms with E-state index in [4.69, 9.17) is 10.2 Å². The number of hydrogen-bond donors (Lipinski definition) is 2. The zero-order valence-electron chi connectivity index (χ0n) is 7.85. The number of fused-ring (bicyclic) bond motifs is 1. The van der Waals surface area contributed by atoms with Crippen LogP contribution in [-0.2, 0) is 9.59 Å². The molecule has 0 radical (unpaired) electrons. The van der Waals surface area contributed by atoms with Gasteiger partial charge >= 0.3 is 11.9 Å². The van der Waals surface area contributed by atoms with Crippen LogP contribution in [0.3, 0.4) is 0 Å². The normalized spacial score (nSPS) is 40.9. The Labute approximate surface area is 81.9 Å². The molecule has 0 heterocycles. The van der Waals surface area contributed by atoms with E-state index < -0.39 is 23.8 Å². The van der Waals surface area contributed by atoms with Crippen LogP contribution >= 0.6 is 0 Å². The first-order valence-electron chi connectivity index (χ1n) is 5.07. The van der Waals surface area contributed by atoms with Crippen molar-refractivity contribution in [1.29, 1.82) is 0 Å². The van der Waals surface area contributed by atoms with Crippen LogP contribution in [0, 0.1) is 23.7 Å². The summed E-state index contributed by atoms with van der Waals surface area (Å²) in [6.45, 7) is 0. The van der Waals surface area contributed by atoms with E-state index in [9.17, 15) is 9.59 Å². The van der Waals surface area contributed by atoms with E-state index in [-0.39, 0.29) is 5.92 Å². The van der Waals surface area contributed by atoms with E-state index in [1.54, 1.807) is 0 Å². The summed E-state index contributed by atoms with van der Waals surface area (Å²) in [5.74, 6) is -2.56. The van der Waals surface area contributed by atoms with Gasteiger partial charge in [0.15, 0.2) is 0 Å². The van der Waals surface area contributed by atoms with Gasteiger partial charge in [-0.1, -0.05) is 0 Å². The maximum atomic E-state index is 11.0. The fraction of sp³-hybridized carbons (Fsp3) is 0.800. The molecule has 0 bridgehead atoms. The molecule has 0 spiro atoms. The van der Waals surface area contributed by atoms with Gasteiger partial charge in [-0.25, -0.2) is 0 Å². The molecule has 2 aliphatic carbocycles. The van der Waals surface area contributed by atoms with Crippen molar-refractivity contribution < 1.29 is 19.8 Å².